The maximum Gasteiger partial charge on any atom is 0.251 e. The number of carbonyl (C=O) groups is 3. The number of anilines is 3. The van der Waals surface area contributed by atoms with Gasteiger partial charge in [0.2, 0.25) is 11.8 Å². The van der Waals surface area contributed by atoms with Crippen LogP contribution in [0.1, 0.15) is 62.2 Å². The Morgan fingerprint density at radius 3 is 1.97 bits per heavy atom. The number of carbonyl (C=O) groups excluding carboxylic acids is 3. The second kappa shape index (κ2) is 11.9. The summed E-state index contributed by atoms with van der Waals surface area (Å²) in [6, 6.07) is 14.4. The molecule has 2 aromatic rings. The maximum absolute atomic E-state index is 12.4. The third-order valence-corrected chi connectivity index (χ3v) is 5.47. The SMILES string of the molecule is CCCC(=O)Nc1ccc(NCC(=O)Nc2ccc(C(=O)NC3CCCCC3)cc2)cc1. The van der Waals surface area contributed by atoms with E-state index in [9.17, 15) is 14.4 Å². The van der Waals surface area contributed by atoms with Crippen LogP contribution in [0, 0.1) is 0 Å². The lowest BCUT2D eigenvalue weighted by molar-refractivity contribution is -0.116. The number of rotatable bonds is 9. The Bertz CT molecular complexity index is 904. The van der Waals surface area contributed by atoms with Crippen LogP contribution in [-0.4, -0.2) is 30.3 Å². The van der Waals surface area contributed by atoms with Gasteiger partial charge in [0.25, 0.3) is 5.91 Å². The first kappa shape index (κ1) is 23.3. The van der Waals surface area contributed by atoms with Gasteiger partial charge in [-0.05, 0) is 67.8 Å². The Labute approximate surface area is 189 Å². The van der Waals surface area contributed by atoms with Gasteiger partial charge >= 0.3 is 0 Å². The van der Waals surface area contributed by atoms with Gasteiger partial charge in [-0.2, -0.15) is 0 Å². The van der Waals surface area contributed by atoms with Gasteiger partial charge in [0.1, 0.15) is 0 Å². The van der Waals surface area contributed by atoms with E-state index in [1.165, 1.54) is 19.3 Å². The van der Waals surface area contributed by atoms with Crippen molar-refractivity contribution in [3.8, 4) is 0 Å². The van der Waals surface area contributed by atoms with E-state index < -0.39 is 0 Å². The molecule has 0 aliphatic heterocycles. The Morgan fingerprint density at radius 1 is 0.781 bits per heavy atom. The first-order valence-corrected chi connectivity index (χ1v) is 11.4. The molecule has 0 unspecified atom stereocenters. The third kappa shape index (κ3) is 7.41. The zero-order valence-corrected chi connectivity index (χ0v) is 18.6. The summed E-state index contributed by atoms with van der Waals surface area (Å²) >= 11 is 0. The number of hydrogen-bond acceptors (Lipinski definition) is 4. The van der Waals surface area contributed by atoms with Gasteiger partial charge in [-0.15, -0.1) is 0 Å². The summed E-state index contributed by atoms with van der Waals surface area (Å²) < 4.78 is 0. The van der Waals surface area contributed by atoms with E-state index in [1.807, 2.05) is 19.1 Å². The van der Waals surface area contributed by atoms with Gasteiger partial charge in [-0.3, -0.25) is 14.4 Å². The normalized spacial score (nSPS) is 13.8. The summed E-state index contributed by atoms with van der Waals surface area (Å²) in [7, 11) is 0. The summed E-state index contributed by atoms with van der Waals surface area (Å²) in [5, 5.41) is 11.8. The molecule has 0 saturated heterocycles. The van der Waals surface area contributed by atoms with E-state index in [4.69, 9.17) is 0 Å². The molecular weight excluding hydrogens is 404 g/mol. The summed E-state index contributed by atoms with van der Waals surface area (Å²) in [5.74, 6) is -0.263. The molecule has 170 valence electrons. The van der Waals surface area contributed by atoms with Gasteiger partial charge in [-0.1, -0.05) is 26.2 Å². The molecule has 1 aliphatic carbocycles. The second-order valence-electron chi connectivity index (χ2n) is 8.16. The lowest BCUT2D eigenvalue weighted by Crippen LogP contribution is -2.36. The molecule has 3 rings (SSSR count). The summed E-state index contributed by atoms with van der Waals surface area (Å²) in [4.78, 5) is 36.3. The van der Waals surface area contributed by atoms with E-state index in [0.717, 1.165) is 30.6 Å². The molecule has 0 bridgehead atoms. The molecule has 1 aliphatic rings. The number of hydrogen-bond donors (Lipinski definition) is 4. The molecule has 0 spiro atoms. The average Bonchev–Trinajstić information content (AvgIpc) is 2.80. The molecule has 4 N–H and O–H groups in total. The highest BCUT2D eigenvalue weighted by atomic mass is 16.2. The van der Waals surface area contributed by atoms with Crippen molar-refractivity contribution in [2.75, 3.05) is 22.5 Å². The average molecular weight is 437 g/mol. The highest BCUT2D eigenvalue weighted by Gasteiger charge is 2.16. The molecule has 0 heterocycles. The smallest absolute Gasteiger partial charge is 0.251 e. The van der Waals surface area contributed by atoms with E-state index in [0.29, 0.717) is 17.7 Å². The quantitative estimate of drug-likeness (QED) is 0.464. The maximum atomic E-state index is 12.4. The van der Waals surface area contributed by atoms with Crippen LogP contribution in [0.3, 0.4) is 0 Å². The fraction of sp³-hybridized carbons (Fsp3) is 0.400. The monoisotopic (exact) mass is 436 g/mol. The first-order chi connectivity index (χ1) is 15.5. The highest BCUT2D eigenvalue weighted by molar-refractivity contribution is 5.97. The largest absolute Gasteiger partial charge is 0.376 e. The molecule has 1 fully saturated rings. The van der Waals surface area contributed by atoms with Gasteiger partial charge in [0.05, 0.1) is 6.54 Å². The Balaban J connectivity index is 1.42. The zero-order chi connectivity index (χ0) is 22.8. The molecular formula is C25H32N4O3. The molecule has 7 heteroatoms. The lowest BCUT2D eigenvalue weighted by Gasteiger charge is -2.22. The minimum Gasteiger partial charge on any atom is -0.376 e. The van der Waals surface area contributed by atoms with E-state index in [1.54, 1.807) is 36.4 Å². The molecule has 7 nitrogen and oxygen atoms in total. The molecule has 1 saturated carbocycles. The molecule has 2 aromatic carbocycles. The lowest BCUT2D eigenvalue weighted by atomic mass is 9.95. The first-order valence-electron chi connectivity index (χ1n) is 11.4. The fourth-order valence-corrected chi connectivity index (χ4v) is 3.73. The third-order valence-electron chi connectivity index (χ3n) is 5.47. The molecule has 0 atom stereocenters. The van der Waals surface area contributed by atoms with Crippen LogP contribution in [-0.2, 0) is 9.59 Å². The molecule has 0 radical (unpaired) electrons. The Morgan fingerprint density at radius 2 is 1.34 bits per heavy atom. The predicted octanol–water partition coefficient (Wildman–Crippen LogP) is 4.54. The van der Waals surface area contributed by atoms with Crippen LogP contribution < -0.4 is 21.3 Å². The van der Waals surface area contributed by atoms with Gasteiger partial charge < -0.3 is 21.3 Å². The van der Waals surface area contributed by atoms with E-state index >= 15 is 0 Å². The highest BCUT2D eigenvalue weighted by Crippen LogP contribution is 2.18. The van der Waals surface area contributed by atoms with Crippen LogP contribution in [0.4, 0.5) is 17.1 Å². The number of nitrogens with one attached hydrogen (secondary N) is 4. The molecule has 32 heavy (non-hydrogen) atoms. The topological polar surface area (TPSA) is 99.3 Å². The van der Waals surface area contributed by atoms with Crippen molar-refractivity contribution in [2.24, 2.45) is 0 Å². The van der Waals surface area contributed by atoms with E-state index in [-0.39, 0.29) is 30.3 Å². The predicted molar refractivity (Wildman–Crippen MR) is 128 cm³/mol. The van der Waals surface area contributed by atoms with Crippen molar-refractivity contribution < 1.29 is 14.4 Å². The summed E-state index contributed by atoms with van der Waals surface area (Å²) in [5.41, 5.74) is 2.74. The Hall–Kier alpha value is -3.35. The minimum absolute atomic E-state index is 0.00919. The summed E-state index contributed by atoms with van der Waals surface area (Å²) in [6.07, 6.45) is 6.97. The Kier molecular flexibility index (Phi) is 8.66. The molecule has 0 aromatic heterocycles. The van der Waals surface area contributed by atoms with Crippen LogP contribution in [0.25, 0.3) is 0 Å². The summed E-state index contributed by atoms with van der Waals surface area (Å²) in [6.45, 7) is 2.06. The minimum atomic E-state index is -0.190. The van der Waals surface area contributed by atoms with Crippen molar-refractivity contribution in [1.29, 1.82) is 0 Å². The van der Waals surface area contributed by atoms with Crippen LogP contribution in [0.15, 0.2) is 48.5 Å². The van der Waals surface area contributed by atoms with Crippen molar-refractivity contribution in [3.63, 3.8) is 0 Å². The molecule has 3 amide bonds. The second-order valence-corrected chi connectivity index (χ2v) is 8.16. The van der Waals surface area contributed by atoms with Gasteiger partial charge in [0, 0.05) is 35.1 Å². The van der Waals surface area contributed by atoms with Crippen molar-refractivity contribution >= 4 is 34.8 Å². The van der Waals surface area contributed by atoms with Crippen LogP contribution in [0.5, 0.6) is 0 Å². The van der Waals surface area contributed by atoms with Crippen LogP contribution in [0.2, 0.25) is 0 Å². The standard InChI is InChI=1S/C25H32N4O3/c1-2-6-23(30)27-22-15-13-19(14-16-22)26-17-24(31)28-21-11-9-18(10-12-21)25(32)29-20-7-4-3-5-8-20/h9-16,20,26H,2-8,17H2,1H3,(H,27,30)(H,28,31)(H,29,32). The van der Waals surface area contributed by atoms with Crippen molar-refractivity contribution in [2.45, 2.75) is 57.9 Å². The van der Waals surface area contributed by atoms with Crippen LogP contribution >= 0.6 is 0 Å². The number of benzene rings is 2. The zero-order valence-electron chi connectivity index (χ0n) is 18.6. The van der Waals surface area contributed by atoms with Crippen molar-refractivity contribution in [1.82, 2.24) is 5.32 Å². The van der Waals surface area contributed by atoms with E-state index in [2.05, 4.69) is 21.3 Å². The van der Waals surface area contributed by atoms with Gasteiger partial charge in [-0.25, -0.2) is 0 Å². The van der Waals surface area contributed by atoms with Crippen molar-refractivity contribution in [3.05, 3.63) is 54.1 Å². The number of amides is 3. The van der Waals surface area contributed by atoms with Gasteiger partial charge in [0.15, 0.2) is 0 Å². The fourth-order valence-electron chi connectivity index (χ4n) is 3.73.